The van der Waals surface area contributed by atoms with Crippen molar-refractivity contribution in [2.45, 2.75) is 56.7 Å². The molecule has 100 valence electrons. The lowest BCUT2D eigenvalue weighted by Crippen LogP contribution is -2.46. The fourth-order valence-corrected chi connectivity index (χ4v) is 1.70. The van der Waals surface area contributed by atoms with Crippen LogP contribution in [0.1, 0.15) is 38.5 Å². The Morgan fingerprint density at radius 3 is 1.82 bits per heavy atom. The number of hydrogen-bond acceptors (Lipinski definition) is 2. The van der Waals surface area contributed by atoms with Crippen LogP contribution < -0.4 is 0 Å². The summed E-state index contributed by atoms with van der Waals surface area (Å²) in [6.45, 7) is 0. The first-order valence-electron chi connectivity index (χ1n) is 5.41. The van der Waals surface area contributed by atoms with Gasteiger partial charge in [0.2, 0.25) is 0 Å². The summed E-state index contributed by atoms with van der Waals surface area (Å²) >= 11 is 0. The van der Waals surface area contributed by atoms with Crippen molar-refractivity contribution >= 4 is 5.97 Å². The molecule has 0 radical (unpaired) electrons. The van der Waals surface area contributed by atoms with E-state index >= 15 is 0 Å². The van der Waals surface area contributed by atoms with Crippen molar-refractivity contribution in [3.63, 3.8) is 0 Å². The van der Waals surface area contributed by atoms with Crippen molar-refractivity contribution in [1.82, 2.24) is 0 Å². The van der Waals surface area contributed by atoms with E-state index in [1.54, 1.807) is 0 Å². The van der Waals surface area contributed by atoms with Gasteiger partial charge in [-0.15, -0.1) is 0 Å². The van der Waals surface area contributed by atoms with Gasteiger partial charge in [0, 0.05) is 0 Å². The summed E-state index contributed by atoms with van der Waals surface area (Å²) < 4.78 is 65.0. The summed E-state index contributed by atoms with van der Waals surface area (Å²) in [7, 11) is 0. The number of hydrogen-bond donors (Lipinski definition) is 0. The third-order valence-electron chi connectivity index (χ3n) is 2.69. The molecular weight excluding hydrogens is 247 g/mol. The topological polar surface area (TPSA) is 26.3 Å². The molecule has 0 spiro atoms. The van der Waals surface area contributed by atoms with Crippen LogP contribution in [0.4, 0.5) is 22.0 Å². The molecule has 0 aliphatic heterocycles. The van der Waals surface area contributed by atoms with E-state index in [9.17, 15) is 26.7 Å². The van der Waals surface area contributed by atoms with Gasteiger partial charge in [0.05, 0.1) is 0 Å². The smallest absolute Gasteiger partial charge is 0.458 e. The van der Waals surface area contributed by atoms with E-state index in [2.05, 4.69) is 4.74 Å². The van der Waals surface area contributed by atoms with E-state index in [4.69, 9.17) is 0 Å². The van der Waals surface area contributed by atoms with E-state index in [1.165, 1.54) is 0 Å². The van der Waals surface area contributed by atoms with Crippen LogP contribution in [0.3, 0.4) is 0 Å². The second kappa shape index (κ2) is 5.18. The normalized spacial score (nSPS) is 19.8. The maximum Gasteiger partial charge on any atom is 0.465 e. The molecule has 0 aromatic heterocycles. The van der Waals surface area contributed by atoms with E-state index in [0.29, 0.717) is 25.7 Å². The Labute approximate surface area is 95.1 Å². The van der Waals surface area contributed by atoms with Crippen molar-refractivity contribution < 1.29 is 31.5 Å². The van der Waals surface area contributed by atoms with Crippen molar-refractivity contribution in [3.8, 4) is 0 Å². The summed E-state index contributed by atoms with van der Waals surface area (Å²) in [6, 6.07) is 0. The minimum Gasteiger partial charge on any atom is -0.458 e. The maximum absolute atomic E-state index is 12.6. The Kier molecular flexibility index (Phi) is 4.32. The van der Waals surface area contributed by atoms with Crippen molar-refractivity contribution in [1.29, 1.82) is 0 Å². The first-order valence-corrected chi connectivity index (χ1v) is 5.41. The number of rotatable bonds is 2. The first kappa shape index (κ1) is 14.2. The number of carbonyl (C=O) groups excluding carboxylic acids is 1. The van der Waals surface area contributed by atoms with Gasteiger partial charge in [-0.25, -0.2) is 4.79 Å². The lowest BCUT2D eigenvalue weighted by Gasteiger charge is -2.21. The number of carbonyl (C=O) groups is 1. The second-order valence-corrected chi connectivity index (χ2v) is 4.09. The van der Waals surface area contributed by atoms with Crippen LogP contribution in [-0.2, 0) is 9.53 Å². The molecule has 1 aliphatic rings. The quantitative estimate of drug-likeness (QED) is 0.432. The van der Waals surface area contributed by atoms with Crippen LogP contribution in [0.15, 0.2) is 0 Å². The highest BCUT2D eigenvalue weighted by atomic mass is 19.4. The van der Waals surface area contributed by atoms with Crippen LogP contribution in [0.5, 0.6) is 0 Å². The average Bonchev–Trinajstić information content (AvgIpc) is 2.44. The van der Waals surface area contributed by atoms with Crippen LogP contribution in [0, 0.1) is 0 Å². The van der Waals surface area contributed by atoms with Gasteiger partial charge in [-0.05, 0) is 25.7 Å². The van der Waals surface area contributed by atoms with Gasteiger partial charge in [-0.2, -0.15) is 22.0 Å². The van der Waals surface area contributed by atoms with E-state index in [0.717, 1.165) is 12.8 Å². The van der Waals surface area contributed by atoms with E-state index in [1.807, 2.05) is 0 Å². The third kappa shape index (κ3) is 3.54. The summed E-state index contributed by atoms with van der Waals surface area (Å²) in [4.78, 5) is 10.8. The molecule has 0 aromatic carbocycles. The second-order valence-electron chi connectivity index (χ2n) is 4.09. The molecule has 1 aliphatic carbocycles. The lowest BCUT2D eigenvalue weighted by atomic mass is 10.1. The molecule has 0 bridgehead atoms. The van der Waals surface area contributed by atoms with Gasteiger partial charge in [0.15, 0.2) is 0 Å². The summed E-state index contributed by atoms with van der Waals surface area (Å²) in [5, 5.41) is 0. The van der Waals surface area contributed by atoms with E-state index in [-0.39, 0.29) is 0 Å². The molecule has 0 aromatic rings. The molecule has 0 heterocycles. The molecule has 0 unspecified atom stereocenters. The Bertz CT molecular complexity index is 266. The van der Waals surface area contributed by atoms with Crippen LogP contribution in [0.25, 0.3) is 0 Å². The van der Waals surface area contributed by atoms with Crippen LogP contribution in [-0.4, -0.2) is 24.2 Å². The zero-order valence-electron chi connectivity index (χ0n) is 9.03. The molecule has 2 nitrogen and oxygen atoms in total. The molecule has 0 amide bonds. The average molecular weight is 260 g/mol. The number of alkyl halides is 5. The fraction of sp³-hybridized carbons (Fsp3) is 0.900. The molecule has 7 heteroatoms. The van der Waals surface area contributed by atoms with Gasteiger partial charge < -0.3 is 4.74 Å². The van der Waals surface area contributed by atoms with Gasteiger partial charge in [0.1, 0.15) is 6.10 Å². The minimum absolute atomic E-state index is 0.347. The third-order valence-corrected chi connectivity index (χ3v) is 2.69. The highest BCUT2D eigenvalue weighted by molar-refractivity contribution is 5.78. The largest absolute Gasteiger partial charge is 0.465 e. The van der Waals surface area contributed by atoms with Gasteiger partial charge in [0.25, 0.3) is 0 Å². The van der Waals surface area contributed by atoms with Gasteiger partial charge in [-0.3, -0.25) is 0 Å². The molecule has 1 fully saturated rings. The zero-order valence-corrected chi connectivity index (χ0v) is 9.03. The van der Waals surface area contributed by atoms with Gasteiger partial charge >= 0.3 is 18.1 Å². The molecule has 1 saturated carbocycles. The Hall–Kier alpha value is -0.880. The zero-order chi connectivity index (χ0) is 13.1. The molecule has 0 atom stereocenters. The van der Waals surface area contributed by atoms with Crippen molar-refractivity contribution in [3.05, 3.63) is 0 Å². The van der Waals surface area contributed by atoms with Gasteiger partial charge in [-0.1, -0.05) is 12.8 Å². The van der Waals surface area contributed by atoms with E-state index < -0.39 is 24.2 Å². The molecule has 17 heavy (non-hydrogen) atoms. The molecule has 0 saturated heterocycles. The Morgan fingerprint density at radius 1 is 0.941 bits per heavy atom. The SMILES string of the molecule is O=C(OC1CCCCCC1)C(F)(F)C(F)(F)F. The maximum atomic E-state index is 12.6. The molecular formula is C10H13F5O2. The van der Waals surface area contributed by atoms with Crippen molar-refractivity contribution in [2.24, 2.45) is 0 Å². The number of esters is 1. The minimum atomic E-state index is -5.89. The predicted octanol–water partition coefficient (Wildman–Crippen LogP) is 3.45. The highest BCUT2D eigenvalue weighted by Gasteiger charge is 2.65. The molecule has 0 N–H and O–H groups in total. The summed E-state index contributed by atoms with van der Waals surface area (Å²) in [5.41, 5.74) is 0. The van der Waals surface area contributed by atoms with Crippen LogP contribution >= 0.6 is 0 Å². The summed E-state index contributed by atoms with van der Waals surface area (Å²) in [6.07, 6.45) is -2.91. The number of ether oxygens (including phenoxy) is 1. The van der Waals surface area contributed by atoms with Crippen LogP contribution in [0.2, 0.25) is 0 Å². The monoisotopic (exact) mass is 260 g/mol. The lowest BCUT2D eigenvalue weighted by molar-refractivity contribution is -0.282. The number of halogens is 5. The summed E-state index contributed by atoms with van der Waals surface area (Å²) in [5.74, 6) is -7.91. The predicted molar refractivity (Wildman–Crippen MR) is 48.6 cm³/mol. The van der Waals surface area contributed by atoms with Crippen molar-refractivity contribution in [2.75, 3.05) is 0 Å². The fourth-order valence-electron chi connectivity index (χ4n) is 1.70. The Balaban J connectivity index is 2.58. The highest BCUT2D eigenvalue weighted by Crippen LogP contribution is 2.37. The molecule has 1 rings (SSSR count). The Morgan fingerprint density at radius 2 is 1.41 bits per heavy atom. The standard InChI is InChI=1S/C10H13F5O2/c11-9(12,10(13,14)15)8(16)17-7-5-3-1-2-4-6-7/h7H,1-6H2. The first-order chi connectivity index (χ1) is 7.75.